The molecule has 0 aliphatic heterocycles. The smallest absolute Gasteiger partial charge is 0.388 e. The molecule has 124 valence electrons. The van der Waals surface area contributed by atoms with E-state index in [4.69, 9.17) is 0 Å². The van der Waals surface area contributed by atoms with Crippen LogP contribution in [0.3, 0.4) is 0 Å². The zero-order chi connectivity index (χ0) is 17.3. The van der Waals surface area contributed by atoms with Gasteiger partial charge < -0.3 is 5.11 Å². The largest absolute Gasteiger partial charge is 0.418 e. The van der Waals surface area contributed by atoms with Gasteiger partial charge in [-0.2, -0.15) is 13.2 Å². The van der Waals surface area contributed by atoms with E-state index in [0.717, 1.165) is 6.07 Å². The highest BCUT2D eigenvalue weighted by Gasteiger charge is 2.34. The third-order valence-corrected chi connectivity index (χ3v) is 3.85. The van der Waals surface area contributed by atoms with Crippen LogP contribution in [0.15, 0.2) is 53.1 Å². The van der Waals surface area contributed by atoms with Gasteiger partial charge in [-0.3, -0.25) is 4.99 Å². The molecule has 2 rings (SSSR count). The number of hydrogen-bond acceptors (Lipinski definition) is 2. The number of aliphatic hydroxyl groups excluding tert-OH is 1. The number of rotatable bonds is 2. The van der Waals surface area contributed by atoms with Crippen molar-refractivity contribution in [3.8, 4) is 0 Å². The predicted octanol–water partition coefficient (Wildman–Crippen LogP) is 4.93. The van der Waals surface area contributed by atoms with Gasteiger partial charge in [-0.05, 0) is 23.1 Å². The molecule has 0 saturated carbocycles. The van der Waals surface area contributed by atoms with Crippen molar-refractivity contribution in [2.24, 2.45) is 16.3 Å². The molecule has 0 spiro atoms. The lowest BCUT2D eigenvalue weighted by Gasteiger charge is -2.34. The van der Waals surface area contributed by atoms with Crippen molar-refractivity contribution in [1.29, 1.82) is 0 Å². The zero-order valence-corrected chi connectivity index (χ0v) is 13.3. The minimum atomic E-state index is -4.46. The summed E-state index contributed by atoms with van der Waals surface area (Å²) in [7, 11) is 0. The van der Waals surface area contributed by atoms with Gasteiger partial charge in [0.1, 0.15) is 0 Å². The third kappa shape index (κ3) is 4.10. The molecule has 0 fully saturated rings. The molecule has 1 aromatic rings. The Morgan fingerprint density at radius 3 is 2.39 bits per heavy atom. The molecule has 0 saturated heterocycles. The van der Waals surface area contributed by atoms with E-state index < -0.39 is 17.8 Å². The quantitative estimate of drug-likeness (QED) is 0.769. The van der Waals surface area contributed by atoms with Crippen LogP contribution in [0.1, 0.15) is 26.3 Å². The van der Waals surface area contributed by atoms with Crippen molar-refractivity contribution in [3.63, 3.8) is 0 Å². The minimum absolute atomic E-state index is 0.119. The summed E-state index contributed by atoms with van der Waals surface area (Å²) >= 11 is 0. The first-order valence-corrected chi connectivity index (χ1v) is 7.37. The SMILES string of the molecule is CC(C)(C)C1C=CC=C(C=Nc2ccccc2C(F)(F)F)C1O. The van der Waals surface area contributed by atoms with Crippen LogP contribution >= 0.6 is 0 Å². The minimum Gasteiger partial charge on any atom is -0.388 e. The summed E-state index contributed by atoms with van der Waals surface area (Å²) in [5, 5.41) is 10.4. The topological polar surface area (TPSA) is 32.6 Å². The zero-order valence-electron chi connectivity index (χ0n) is 13.3. The second-order valence-electron chi connectivity index (χ2n) is 6.66. The van der Waals surface area contributed by atoms with E-state index in [1.54, 1.807) is 12.2 Å². The Balaban J connectivity index is 2.28. The van der Waals surface area contributed by atoms with Gasteiger partial charge >= 0.3 is 6.18 Å². The average Bonchev–Trinajstić information content (AvgIpc) is 2.44. The maximum absolute atomic E-state index is 13.0. The second kappa shape index (κ2) is 6.32. The predicted molar refractivity (Wildman–Crippen MR) is 85.8 cm³/mol. The molecule has 1 aliphatic rings. The number of para-hydroxylation sites is 1. The van der Waals surface area contributed by atoms with E-state index in [0.29, 0.717) is 5.57 Å². The van der Waals surface area contributed by atoms with Crippen molar-refractivity contribution in [3.05, 3.63) is 53.6 Å². The molecule has 0 bridgehead atoms. The summed E-state index contributed by atoms with van der Waals surface area (Å²) in [6.07, 6.45) is 1.46. The molecule has 0 radical (unpaired) electrons. The van der Waals surface area contributed by atoms with Crippen LogP contribution in [0, 0.1) is 11.3 Å². The average molecular weight is 323 g/mol. The highest BCUT2D eigenvalue weighted by atomic mass is 19.4. The number of benzene rings is 1. The van der Waals surface area contributed by atoms with Gasteiger partial charge in [0.05, 0.1) is 17.4 Å². The van der Waals surface area contributed by atoms with E-state index in [-0.39, 0.29) is 17.0 Å². The van der Waals surface area contributed by atoms with E-state index in [2.05, 4.69) is 4.99 Å². The van der Waals surface area contributed by atoms with Crippen molar-refractivity contribution in [2.75, 3.05) is 0 Å². The molecule has 1 N–H and O–H groups in total. The molecule has 23 heavy (non-hydrogen) atoms. The summed E-state index contributed by atoms with van der Waals surface area (Å²) in [6, 6.07) is 5.14. The van der Waals surface area contributed by atoms with Crippen molar-refractivity contribution in [1.82, 2.24) is 0 Å². The molecule has 1 aliphatic carbocycles. The van der Waals surface area contributed by atoms with Gasteiger partial charge in [0, 0.05) is 12.1 Å². The molecule has 1 aromatic carbocycles. The van der Waals surface area contributed by atoms with Gasteiger partial charge in [0.25, 0.3) is 0 Å². The summed E-state index contributed by atoms with van der Waals surface area (Å²) < 4.78 is 38.9. The summed E-state index contributed by atoms with van der Waals surface area (Å²) in [6.45, 7) is 6.01. The third-order valence-electron chi connectivity index (χ3n) is 3.85. The number of aliphatic imine (C=N–C) groups is 1. The number of aliphatic hydroxyl groups is 1. The van der Waals surface area contributed by atoms with Gasteiger partial charge in [0.15, 0.2) is 0 Å². The lowest BCUT2D eigenvalue weighted by molar-refractivity contribution is -0.137. The van der Waals surface area contributed by atoms with E-state index in [9.17, 15) is 18.3 Å². The Bertz CT molecular complexity index is 651. The molecule has 0 amide bonds. The lowest BCUT2D eigenvalue weighted by atomic mass is 9.73. The van der Waals surface area contributed by atoms with Crippen LogP contribution in [0.5, 0.6) is 0 Å². The Hall–Kier alpha value is -1.88. The standard InChI is InChI=1S/C18H20F3NO/c1-17(2,3)14-9-6-7-12(16(14)23)11-22-15-10-5-4-8-13(15)18(19,20)21/h4-11,14,16,23H,1-3H3. The molecule has 5 heteroatoms. The first-order valence-electron chi connectivity index (χ1n) is 7.37. The maximum atomic E-state index is 13.0. The molecule has 2 unspecified atom stereocenters. The molecule has 0 heterocycles. The summed E-state index contributed by atoms with van der Waals surface area (Å²) in [4.78, 5) is 3.96. The number of allylic oxidation sites excluding steroid dienone is 2. The van der Waals surface area contributed by atoms with Gasteiger partial charge in [-0.1, -0.05) is 51.1 Å². The molecule has 2 atom stereocenters. The van der Waals surface area contributed by atoms with Crippen molar-refractivity contribution < 1.29 is 18.3 Å². The fraction of sp³-hybridized carbons (Fsp3) is 0.389. The van der Waals surface area contributed by atoms with Crippen molar-refractivity contribution >= 4 is 11.9 Å². The molecular weight excluding hydrogens is 303 g/mol. The Kier molecular flexibility index (Phi) is 4.80. The number of nitrogens with zero attached hydrogens (tertiary/aromatic N) is 1. The fourth-order valence-corrected chi connectivity index (χ4v) is 2.55. The molecule has 2 nitrogen and oxygen atoms in total. The van der Waals surface area contributed by atoms with Crippen LogP contribution in [0.25, 0.3) is 0 Å². The maximum Gasteiger partial charge on any atom is 0.418 e. The van der Waals surface area contributed by atoms with Crippen molar-refractivity contribution in [2.45, 2.75) is 33.1 Å². The monoisotopic (exact) mass is 323 g/mol. The van der Waals surface area contributed by atoms with E-state index >= 15 is 0 Å². The molecule has 0 aromatic heterocycles. The molecular formula is C18H20F3NO. The number of alkyl halides is 3. The Labute approximate surface area is 134 Å². The Morgan fingerprint density at radius 1 is 1.13 bits per heavy atom. The van der Waals surface area contributed by atoms with E-state index in [1.807, 2.05) is 26.8 Å². The van der Waals surface area contributed by atoms with Crippen LogP contribution in [-0.4, -0.2) is 17.4 Å². The second-order valence-corrected chi connectivity index (χ2v) is 6.66. The first kappa shape index (κ1) is 17.5. The van der Waals surface area contributed by atoms with Gasteiger partial charge in [-0.25, -0.2) is 0 Å². The Morgan fingerprint density at radius 2 is 1.78 bits per heavy atom. The van der Waals surface area contributed by atoms with Crippen LogP contribution in [0.2, 0.25) is 0 Å². The normalized spacial score (nSPS) is 22.5. The van der Waals surface area contributed by atoms with E-state index in [1.165, 1.54) is 24.4 Å². The summed E-state index contributed by atoms with van der Waals surface area (Å²) in [5.41, 5.74) is -0.600. The van der Waals surface area contributed by atoms with Crippen LogP contribution in [-0.2, 0) is 6.18 Å². The van der Waals surface area contributed by atoms with Gasteiger partial charge in [0.2, 0.25) is 0 Å². The van der Waals surface area contributed by atoms with Crippen LogP contribution in [0.4, 0.5) is 18.9 Å². The highest BCUT2D eigenvalue weighted by molar-refractivity contribution is 5.83. The van der Waals surface area contributed by atoms with Crippen LogP contribution < -0.4 is 0 Å². The summed E-state index contributed by atoms with van der Waals surface area (Å²) in [5.74, 6) is -0.119. The highest BCUT2D eigenvalue weighted by Crippen LogP contribution is 2.37. The number of hydrogen-bond donors (Lipinski definition) is 1. The van der Waals surface area contributed by atoms with Gasteiger partial charge in [-0.15, -0.1) is 0 Å². The number of halogens is 3. The first-order chi connectivity index (χ1) is 10.6. The fourth-order valence-electron chi connectivity index (χ4n) is 2.55. The lowest BCUT2D eigenvalue weighted by Crippen LogP contribution is -2.33.